The molecule has 0 aliphatic carbocycles. The minimum absolute atomic E-state index is 0.185. The smallest absolute Gasteiger partial charge is 0.339 e. The lowest BCUT2D eigenvalue weighted by molar-refractivity contribution is -0.177. The molecule has 0 N–H and O–H groups in total. The Morgan fingerprint density at radius 2 is 1.30 bits per heavy atom. The van der Waals surface area contributed by atoms with Crippen molar-refractivity contribution in [3.05, 3.63) is 35.4 Å². The molecule has 1 aliphatic rings. The molecule has 0 aromatic heterocycles. The van der Waals surface area contributed by atoms with Gasteiger partial charge in [-0.15, -0.1) is 0 Å². The van der Waals surface area contributed by atoms with Crippen molar-refractivity contribution in [2.24, 2.45) is 5.41 Å². The zero-order chi connectivity index (χ0) is 23.8. The first-order valence-electron chi connectivity index (χ1n) is 12.7. The maximum atomic E-state index is 12.7. The number of carbonyl (C=O) groups is 2. The Morgan fingerprint density at radius 1 is 0.788 bits per heavy atom. The SMILES string of the molecule is CCCCCCCCCCCCOC(=O)c1ccccc1C(=O)OCC1(CC)COCOC1. The van der Waals surface area contributed by atoms with E-state index in [2.05, 4.69) is 6.92 Å². The summed E-state index contributed by atoms with van der Waals surface area (Å²) in [5, 5.41) is 0. The van der Waals surface area contributed by atoms with Crippen molar-refractivity contribution in [1.82, 2.24) is 0 Å². The van der Waals surface area contributed by atoms with Crippen molar-refractivity contribution in [3.8, 4) is 0 Å². The van der Waals surface area contributed by atoms with Crippen molar-refractivity contribution < 1.29 is 28.5 Å². The predicted octanol–water partition coefficient (Wildman–Crippen LogP) is 6.32. The molecule has 6 nitrogen and oxygen atoms in total. The first-order chi connectivity index (χ1) is 16.1. The molecule has 0 spiro atoms. The van der Waals surface area contributed by atoms with E-state index in [-0.39, 0.29) is 29.9 Å². The predicted molar refractivity (Wildman–Crippen MR) is 128 cm³/mol. The van der Waals surface area contributed by atoms with E-state index in [0.717, 1.165) is 19.3 Å². The molecule has 33 heavy (non-hydrogen) atoms. The molecule has 0 bridgehead atoms. The van der Waals surface area contributed by atoms with Crippen LogP contribution in [0.3, 0.4) is 0 Å². The van der Waals surface area contributed by atoms with Crippen LogP contribution in [0.4, 0.5) is 0 Å². The number of hydrogen-bond donors (Lipinski definition) is 0. The molecular formula is C27H42O6. The molecule has 1 fully saturated rings. The molecule has 0 amide bonds. The molecule has 1 heterocycles. The summed E-state index contributed by atoms with van der Waals surface area (Å²) < 4.78 is 21.8. The molecule has 6 heteroatoms. The van der Waals surface area contributed by atoms with E-state index in [1.165, 1.54) is 51.4 Å². The lowest BCUT2D eigenvalue weighted by Gasteiger charge is -2.35. The van der Waals surface area contributed by atoms with Crippen molar-refractivity contribution in [2.45, 2.75) is 84.5 Å². The minimum atomic E-state index is -0.528. The van der Waals surface area contributed by atoms with Gasteiger partial charge >= 0.3 is 11.9 Å². The molecule has 0 unspecified atom stereocenters. The summed E-state index contributed by atoms with van der Waals surface area (Å²) in [6, 6.07) is 6.66. The van der Waals surface area contributed by atoms with Gasteiger partial charge in [-0.2, -0.15) is 0 Å². The maximum Gasteiger partial charge on any atom is 0.339 e. The van der Waals surface area contributed by atoms with E-state index >= 15 is 0 Å². The van der Waals surface area contributed by atoms with E-state index in [1.807, 2.05) is 6.92 Å². The molecule has 1 aromatic carbocycles. The highest BCUT2D eigenvalue weighted by molar-refractivity contribution is 6.03. The molecule has 1 aliphatic heterocycles. The zero-order valence-corrected chi connectivity index (χ0v) is 20.6. The molecule has 186 valence electrons. The van der Waals surface area contributed by atoms with Gasteiger partial charge in [0.2, 0.25) is 0 Å². The van der Waals surface area contributed by atoms with E-state index in [0.29, 0.717) is 19.8 Å². The Hall–Kier alpha value is -1.92. The van der Waals surface area contributed by atoms with Crippen LogP contribution in [0.15, 0.2) is 24.3 Å². The van der Waals surface area contributed by atoms with Crippen molar-refractivity contribution in [3.63, 3.8) is 0 Å². The first-order valence-corrected chi connectivity index (χ1v) is 12.7. The number of rotatable bonds is 16. The lowest BCUT2D eigenvalue weighted by atomic mass is 9.87. The van der Waals surface area contributed by atoms with Crippen LogP contribution in [-0.4, -0.2) is 45.2 Å². The normalized spacial score (nSPS) is 15.2. The second-order valence-corrected chi connectivity index (χ2v) is 9.11. The third-order valence-corrected chi connectivity index (χ3v) is 6.34. The van der Waals surface area contributed by atoms with Crippen LogP contribution in [0.5, 0.6) is 0 Å². The molecule has 1 aromatic rings. The van der Waals surface area contributed by atoms with Gasteiger partial charge in [0.25, 0.3) is 0 Å². The van der Waals surface area contributed by atoms with E-state index in [1.54, 1.807) is 24.3 Å². The van der Waals surface area contributed by atoms with Gasteiger partial charge in [-0.05, 0) is 25.0 Å². The number of carbonyl (C=O) groups excluding carboxylic acids is 2. The summed E-state index contributed by atoms with van der Waals surface area (Å²) in [5.41, 5.74) is 0.129. The van der Waals surface area contributed by atoms with Crippen LogP contribution in [0, 0.1) is 5.41 Å². The number of benzene rings is 1. The van der Waals surface area contributed by atoms with Crippen LogP contribution < -0.4 is 0 Å². The fourth-order valence-corrected chi connectivity index (χ4v) is 3.97. The summed E-state index contributed by atoms with van der Waals surface area (Å²) in [6.45, 7) is 6.05. The van der Waals surface area contributed by atoms with Crippen molar-refractivity contribution in [1.29, 1.82) is 0 Å². The molecule has 2 rings (SSSR count). The first kappa shape index (κ1) is 27.3. The molecule has 1 saturated heterocycles. The average molecular weight is 463 g/mol. The van der Waals surface area contributed by atoms with Gasteiger partial charge in [0.15, 0.2) is 0 Å². The molecule has 0 saturated carbocycles. The van der Waals surface area contributed by atoms with Gasteiger partial charge in [-0.3, -0.25) is 0 Å². The third-order valence-electron chi connectivity index (χ3n) is 6.34. The highest BCUT2D eigenvalue weighted by Crippen LogP contribution is 2.27. The summed E-state index contributed by atoms with van der Waals surface area (Å²) in [6.07, 6.45) is 13.0. The summed E-state index contributed by atoms with van der Waals surface area (Å²) in [5.74, 6) is -1.01. The standard InChI is InChI=1S/C27H42O6/c1-3-5-6-7-8-9-10-11-12-15-18-32-25(28)23-16-13-14-17-24(23)26(29)33-21-27(4-2)19-30-22-31-20-27/h13-14,16-17H,3-12,15,18-22H2,1-2H3. The summed E-state index contributed by atoms with van der Waals surface area (Å²) >= 11 is 0. The van der Waals surface area contributed by atoms with Crippen molar-refractivity contribution >= 4 is 11.9 Å². The second-order valence-electron chi connectivity index (χ2n) is 9.11. The van der Waals surface area contributed by atoms with Crippen LogP contribution in [0.2, 0.25) is 0 Å². The quantitative estimate of drug-likeness (QED) is 0.211. The average Bonchev–Trinajstić information content (AvgIpc) is 2.86. The van der Waals surface area contributed by atoms with Crippen molar-refractivity contribution in [2.75, 3.05) is 33.2 Å². The zero-order valence-electron chi connectivity index (χ0n) is 20.6. The number of hydrogen-bond acceptors (Lipinski definition) is 6. The fourth-order valence-electron chi connectivity index (χ4n) is 3.97. The van der Waals surface area contributed by atoms with Crippen LogP contribution >= 0.6 is 0 Å². The number of esters is 2. The van der Waals surface area contributed by atoms with Gasteiger partial charge < -0.3 is 18.9 Å². The van der Waals surface area contributed by atoms with Gasteiger partial charge in [0, 0.05) is 0 Å². The topological polar surface area (TPSA) is 71.1 Å². The van der Waals surface area contributed by atoms with Crippen LogP contribution in [0.25, 0.3) is 0 Å². The lowest BCUT2D eigenvalue weighted by Crippen LogP contribution is -2.41. The second kappa shape index (κ2) is 15.8. The van der Waals surface area contributed by atoms with E-state index in [4.69, 9.17) is 18.9 Å². The largest absolute Gasteiger partial charge is 0.462 e. The Bertz CT molecular complexity index is 696. The Morgan fingerprint density at radius 3 is 1.85 bits per heavy atom. The highest BCUT2D eigenvalue weighted by Gasteiger charge is 2.34. The Kier molecular flexibility index (Phi) is 13.1. The monoisotopic (exact) mass is 462 g/mol. The van der Waals surface area contributed by atoms with Gasteiger partial charge in [0.05, 0.1) is 36.4 Å². The Labute approximate surface area is 199 Å². The number of ether oxygens (including phenoxy) is 4. The molecular weight excluding hydrogens is 420 g/mol. The summed E-state index contributed by atoms with van der Waals surface area (Å²) in [7, 11) is 0. The molecule has 0 atom stereocenters. The number of unbranched alkanes of at least 4 members (excludes halogenated alkanes) is 9. The fraction of sp³-hybridized carbons (Fsp3) is 0.704. The van der Waals surface area contributed by atoms with E-state index < -0.39 is 11.9 Å². The highest BCUT2D eigenvalue weighted by atomic mass is 16.7. The van der Waals surface area contributed by atoms with Gasteiger partial charge in [-0.25, -0.2) is 9.59 Å². The third kappa shape index (κ3) is 9.85. The Balaban J connectivity index is 1.70. The van der Waals surface area contributed by atoms with Gasteiger partial charge in [0.1, 0.15) is 13.4 Å². The maximum absolute atomic E-state index is 12.7. The van der Waals surface area contributed by atoms with Crippen LogP contribution in [0.1, 0.15) is 105 Å². The minimum Gasteiger partial charge on any atom is -0.462 e. The van der Waals surface area contributed by atoms with Crippen LogP contribution in [-0.2, 0) is 18.9 Å². The molecule has 0 radical (unpaired) electrons. The van der Waals surface area contributed by atoms with E-state index in [9.17, 15) is 9.59 Å². The summed E-state index contributed by atoms with van der Waals surface area (Å²) in [4.78, 5) is 25.3. The van der Waals surface area contributed by atoms with Gasteiger partial charge in [-0.1, -0.05) is 83.8 Å².